The number of carboxylic acids is 1. The monoisotopic (exact) mass is 321 g/mol. The first-order valence-electron chi connectivity index (χ1n) is 7.04. The van der Waals surface area contributed by atoms with Crippen LogP contribution in [-0.2, 0) is 4.79 Å². The summed E-state index contributed by atoms with van der Waals surface area (Å²) in [6.07, 6.45) is 4.78. The Morgan fingerprint density at radius 3 is 2.36 bits per heavy atom. The molecule has 1 aromatic rings. The molecule has 4 rings (SSSR count). The molecule has 1 aliphatic heterocycles. The fourth-order valence-electron chi connectivity index (χ4n) is 3.94. The highest BCUT2D eigenvalue weighted by atomic mass is 32.3. The molecule has 1 saturated carbocycles. The first-order valence-corrected chi connectivity index (χ1v) is 8.61. The number of carboxylic acid groups (broad SMARTS) is 1. The predicted octanol–water partition coefficient (Wildman–Crippen LogP) is 2.59. The number of anilines is 1. The van der Waals surface area contributed by atoms with Gasteiger partial charge in [0.25, 0.3) is 5.91 Å². The summed E-state index contributed by atoms with van der Waals surface area (Å²) in [6, 6.07) is 5.63. The van der Waals surface area contributed by atoms with Gasteiger partial charge >= 0.3 is 5.97 Å². The first kappa shape index (κ1) is 13.8. The van der Waals surface area contributed by atoms with Gasteiger partial charge in [0, 0.05) is 5.92 Å². The maximum atomic E-state index is 12.7. The van der Waals surface area contributed by atoms with Crippen molar-refractivity contribution in [3.63, 3.8) is 0 Å². The Morgan fingerprint density at radius 1 is 1.14 bits per heavy atom. The molecule has 2 bridgehead atoms. The summed E-state index contributed by atoms with van der Waals surface area (Å²) in [5, 5.41) is 8.47. The Hall–Kier alpha value is -1.83. The molecular weight excluding hydrogens is 306 g/mol. The van der Waals surface area contributed by atoms with Crippen LogP contribution in [0.1, 0.15) is 16.8 Å². The number of carbonyl (C=O) groups is 2. The molecule has 1 aromatic carbocycles. The van der Waals surface area contributed by atoms with Crippen molar-refractivity contribution in [2.75, 3.05) is 4.31 Å². The lowest BCUT2D eigenvalue weighted by atomic mass is 9.92. The van der Waals surface area contributed by atoms with E-state index in [0.717, 1.165) is 10.7 Å². The second-order valence-corrected chi connectivity index (χ2v) is 8.02. The van der Waals surface area contributed by atoms with Crippen LogP contribution in [0.2, 0.25) is 0 Å². The van der Waals surface area contributed by atoms with Crippen LogP contribution in [0.4, 0.5) is 5.69 Å². The molecule has 7 heteroatoms. The molecule has 3 aliphatic rings. The summed E-state index contributed by atoms with van der Waals surface area (Å²) in [5.74, 6) is -1.60. The van der Waals surface area contributed by atoms with Crippen molar-refractivity contribution in [1.29, 1.82) is 0 Å². The van der Waals surface area contributed by atoms with E-state index in [1.54, 1.807) is 0 Å². The van der Waals surface area contributed by atoms with Crippen LogP contribution in [0.5, 0.6) is 0 Å². The van der Waals surface area contributed by atoms with E-state index in [2.05, 4.69) is 0 Å². The van der Waals surface area contributed by atoms with Gasteiger partial charge in [0.1, 0.15) is 0 Å². The second kappa shape index (κ2) is 4.34. The molecule has 3 N–H and O–H groups in total. The molecule has 1 saturated heterocycles. The number of rotatable bonds is 2. The Bertz CT molecular complexity index is 698. The third-order valence-corrected chi connectivity index (χ3v) is 7.16. The quantitative estimate of drug-likeness (QED) is 0.727. The van der Waals surface area contributed by atoms with Crippen LogP contribution in [0, 0.1) is 17.8 Å². The Labute approximate surface area is 128 Å². The van der Waals surface area contributed by atoms with E-state index in [1.807, 2.05) is 12.2 Å². The molecule has 6 nitrogen and oxygen atoms in total. The number of aromatic carboxylic acids is 1. The van der Waals surface area contributed by atoms with Gasteiger partial charge in [-0.3, -0.25) is 13.9 Å². The summed E-state index contributed by atoms with van der Waals surface area (Å²) >= 11 is 0. The van der Waals surface area contributed by atoms with E-state index < -0.39 is 22.0 Å². The zero-order chi connectivity index (χ0) is 15.6. The SMILES string of the molecule is O=C(O)c1ccc(N2C(=O)C3C4C=CC(C4)C3S2(O)O)cc1. The van der Waals surface area contributed by atoms with Crippen LogP contribution in [0.25, 0.3) is 0 Å². The van der Waals surface area contributed by atoms with E-state index >= 15 is 0 Å². The second-order valence-electron chi connectivity index (χ2n) is 5.98. The van der Waals surface area contributed by atoms with E-state index in [-0.39, 0.29) is 29.2 Å². The summed E-state index contributed by atoms with van der Waals surface area (Å²) in [4.78, 5) is 23.6. The van der Waals surface area contributed by atoms with Gasteiger partial charge in [-0.05, 0) is 36.6 Å². The predicted molar refractivity (Wildman–Crippen MR) is 81.8 cm³/mol. The summed E-state index contributed by atoms with van der Waals surface area (Å²) in [6.45, 7) is 0. The molecule has 4 atom stereocenters. The maximum Gasteiger partial charge on any atom is 0.335 e. The van der Waals surface area contributed by atoms with Crippen molar-refractivity contribution in [1.82, 2.24) is 0 Å². The zero-order valence-electron chi connectivity index (χ0n) is 11.5. The number of fused-ring (bicyclic) bond motifs is 5. The van der Waals surface area contributed by atoms with Gasteiger partial charge in [-0.25, -0.2) is 9.10 Å². The number of hydrogen-bond acceptors (Lipinski definition) is 4. The number of benzene rings is 1. The number of nitrogens with zero attached hydrogens (tertiary/aromatic N) is 1. The van der Waals surface area contributed by atoms with Gasteiger partial charge in [0.2, 0.25) is 0 Å². The molecule has 0 radical (unpaired) electrons. The van der Waals surface area contributed by atoms with Crippen molar-refractivity contribution in [2.24, 2.45) is 17.8 Å². The summed E-state index contributed by atoms with van der Waals surface area (Å²) in [7, 11) is -3.25. The van der Waals surface area contributed by atoms with E-state index in [0.29, 0.717) is 5.69 Å². The number of carbonyl (C=O) groups excluding carboxylic acids is 1. The standard InChI is InChI=1S/C15H15NO5S/c17-14-12-9-1-2-10(7-9)13(12)22(20,21)16(14)11-5-3-8(4-6-11)15(18)19/h1-6,9-10,12-13,20-21H,7H2,(H,18,19). The lowest BCUT2D eigenvalue weighted by Crippen LogP contribution is -2.30. The molecule has 2 aliphatic carbocycles. The molecule has 0 spiro atoms. The van der Waals surface area contributed by atoms with Gasteiger partial charge in [0.15, 0.2) is 0 Å². The molecule has 2 fully saturated rings. The van der Waals surface area contributed by atoms with Gasteiger partial charge in [0.05, 0.1) is 22.4 Å². The van der Waals surface area contributed by atoms with Crippen molar-refractivity contribution in [3.8, 4) is 0 Å². The normalized spacial score (nSPS) is 35.7. The average molecular weight is 321 g/mol. The minimum absolute atomic E-state index is 0.0345. The zero-order valence-corrected chi connectivity index (χ0v) is 12.3. The van der Waals surface area contributed by atoms with E-state index in [4.69, 9.17) is 5.11 Å². The van der Waals surface area contributed by atoms with E-state index in [9.17, 15) is 18.7 Å². The molecule has 0 aromatic heterocycles. The smallest absolute Gasteiger partial charge is 0.335 e. The fourth-order valence-corrected chi connectivity index (χ4v) is 6.39. The highest BCUT2D eigenvalue weighted by molar-refractivity contribution is 8.27. The van der Waals surface area contributed by atoms with Crippen LogP contribution in [0.15, 0.2) is 36.4 Å². The Morgan fingerprint density at radius 2 is 1.77 bits per heavy atom. The lowest BCUT2D eigenvalue weighted by molar-refractivity contribution is -0.120. The minimum atomic E-state index is -3.25. The number of amides is 1. The highest BCUT2D eigenvalue weighted by Gasteiger charge is 2.62. The van der Waals surface area contributed by atoms with Crippen molar-refractivity contribution in [2.45, 2.75) is 11.7 Å². The summed E-state index contributed by atoms with van der Waals surface area (Å²) < 4.78 is 22.4. The first-order chi connectivity index (χ1) is 10.4. The van der Waals surface area contributed by atoms with E-state index in [1.165, 1.54) is 24.3 Å². The topological polar surface area (TPSA) is 98.1 Å². The van der Waals surface area contributed by atoms with Crippen molar-refractivity contribution >= 4 is 28.3 Å². The van der Waals surface area contributed by atoms with Crippen LogP contribution in [0.3, 0.4) is 0 Å². The third-order valence-electron chi connectivity index (χ3n) is 4.85. The molecule has 1 amide bonds. The largest absolute Gasteiger partial charge is 0.478 e. The van der Waals surface area contributed by atoms with Gasteiger partial charge in [-0.15, -0.1) is 10.8 Å². The fraction of sp³-hybridized carbons (Fsp3) is 0.333. The van der Waals surface area contributed by atoms with Gasteiger partial charge < -0.3 is 5.11 Å². The van der Waals surface area contributed by atoms with Crippen LogP contribution in [-0.4, -0.2) is 31.3 Å². The average Bonchev–Trinajstić information content (AvgIpc) is 3.12. The Balaban J connectivity index is 1.73. The van der Waals surface area contributed by atoms with Crippen LogP contribution >= 0.6 is 10.8 Å². The highest BCUT2D eigenvalue weighted by Crippen LogP contribution is 2.68. The van der Waals surface area contributed by atoms with Crippen molar-refractivity contribution in [3.05, 3.63) is 42.0 Å². The maximum absolute atomic E-state index is 12.7. The lowest BCUT2D eigenvalue weighted by Gasteiger charge is -2.42. The third kappa shape index (κ3) is 1.64. The molecule has 4 unspecified atom stereocenters. The van der Waals surface area contributed by atoms with Crippen LogP contribution < -0.4 is 4.31 Å². The van der Waals surface area contributed by atoms with Gasteiger partial charge in [-0.1, -0.05) is 12.2 Å². The molecule has 22 heavy (non-hydrogen) atoms. The minimum Gasteiger partial charge on any atom is -0.478 e. The number of allylic oxidation sites excluding steroid dienone is 2. The summed E-state index contributed by atoms with van der Waals surface area (Å²) in [5.41, 5.74) is 0.428. The molecular formula is C15H15NO5S. The van der Waals surface area contributed by atoms with Gasteiger partial charge in [-0.2, -0.15) is 0 Å². The molecule has 116 valence electrons. The number of hydrogen-bond donors (Lipinski definition) is 3. The van der Waals surface area contributed by atoms with Crippen molar-refractivity contribution < 1.29 is 23.8 Å². The molecule has 1 heterocycles. The Kier molecular flexibility index (Phi) is 2.73.